The zero-order valence-corrected chi connectivity index (χ0v) is 7.26. The molecule has 2 atom stereocenters. The van der Waals surface area contributed by atoms with E-state index in [1.54, 1.807) is 4.90 Å². The molecule has 0 aromatic carbocycles. The van der Waals surface area contributed by atoms with Gasteiger partial charge in [0.05, 0.1) is 0 Å². The van der Waals surface area contributed by atoms with Gasteiger partial charge in [-0.1, -0.05) is 0 Å². The molecule has 13 heavy (non-hydrogen) atoms. The summed E-state index contributed by atoms with van der Waals surface area (Å²) in [5.74, 6) is -3.14. The van der Waals surface area contributed by atoms with E-state index in [4.69, 9.17) is 11.1 Å². The lowest BCUT2D eigenvalue weighted by molar-refractivity contribution is -0.0380. The van der Waals surface area contributed by atoms with Crippen molar-refractivity contribution in [2.75, 3.05) is 13.1 Å². The Morgan fingerprint density at radius 3 is 2.69 bits per heavy atom. The summed E-state index contributed by atoms with van der Waals surface area (Å²) in [4.78, 5) is 1.54. The molecule has 1 saturated carbocycles. The predicted octanol–water partition coefficient (Wildman–Crippen LogP) is 0.857. The van der Waals surface area contributed by atoms with Crippen molar-refractivity contribution >= 4 is 5.96 Å². The minimum atomic E-state index is -2.53. The van der Waals surface area contributed by atoms with Gasteiger partial charge in [-0.3, -0.25) is 5.41 Å². The number of hydrogen-bond donors (Lipinski definition) is 2. The fourth-order valence-electron chi connectivity index (χ4n) is 2.40. The lowest BCUT2D eigenvalue weighted by Crippen LogP contribution is -2.37. The molecule has 0 spiro atoms. The van der Waals surface area contributed by atoms with Gasteiger partial charge in [-0.25, -0.2) is 8.78 Å². The second kappa shape index (κ2) is 2.56. The maximum atomic E-state index is 13.2. The second-order valence-corrected chi connectivity index (χ2v) is 3.96. The van der Waals surface area contributed by atoms with Crippen LogP contribution in [0, 0.1) is 17.2 Å². The van der Waals surface area contributed by atoms with Crippen LogP contribution >= 0.6 is 0 Å². The summed E-state index contributed by atoms with van der Waals surface area (Å²) in [7, 11) is 0. The number of likely N-dealkylation sites (tertiary alicyclic amines) is 1. The Kier molecular flexibility index (Phi) is 1.72. The van der Waals surface area contributed by atoms with Crippen molar-refractivity contribution in [1.82, 2.24) is 4.90 Å². The summed E-state index contributed by atoms with van der Waals surface area (Å²) in [5.41, 5.74) is 5.25. The van der Waals surface area contributed by atoms with E-state index >= 15 is 0 Å². The van der Waals surface area contributed by atoms with Crippen molar-refractivity contribution < 1.29 is 8.78 Å². The van der Waals surface area contributed by atoms with Crippen LogP contribution in [0.3, 0.4) is 0 Å². The molecule has 3 nitrogen and oxygen atoms in total. The third kappa shape index (κ3) is 1.26. The highest BCUT2D eigenvalue weighted by Gasteiger charge is 2.54. The third-order valence-corrected chi connectivity index (χ3v) is 3.17. The van der Waals surface area contributed by atoms with Crippen LogP contribution in [0.4, 0.5) is 8.78 Å². The number of nitrogens with zero attached hydrogens (tertiary/aromatic N) is 1. The first-order valence-corrected chi connectivity index (χ1v) is 4.47. The number of guanidine groups is 1. The molecule has 0 aromatic heterocycles. The molecule has 0 amide bonds. The van der Waals surface area contributed by atoms with E-state index in [0.29, 0.717) is 13.0 Å². The Morgan fingerprint density at radius 1 is 1.46 bits per heavy atom. The smallest absolute Gasteiger partial charge is 0.252 e. The third-order valence-electron chi connectivity index (χ3n) is 3.17. The highest BCUT2D eigenvalue weighted by molar-refractivity contribution is 5.75. The van der Waals surface area contributed by atoms with E-state index in [1.165, 1.54) is 0 Å². The predicted molar refractivity (Wildman–Crippen MR) is 44.6 cm³/mol. The Hall–Kier alpha value is -0.870. The minimum Gasteiger partial charge on any atom is -0.370 e. The molecule has 3 N–H and O–H groups in total. The van der Waals surface area contributed by atoms with Crippen LogP contribution in [0.25, 0.3) is 0 Å². The van der Waals surface area contributed by atoms with Crippen LogP contribution in [0.1, 0.15) is 12.8 Å². The molecule has 1 aliphatic heterocycles. The van der Waals surface area contributed by atoms with Gasteiger partial charge in [-0.2, -0.15) is 0 Å². The van der Waals surface area contributed by atoms with E-state index in [1.807, 2.05) is 0 Å². The van der Waals surface area contributed by atoms with Gasteiger partial charge in [0, 0.05) is 25.4 Å². The van der Waals surface area contributed by atoms with Gasteiger partial charge in [0.25, 0.3) is 5.92 Å². The van der Waals surface area contributed by atoms with Gasteiger partial charge in [0.1, 0.15) is 0 Å². The summed E-state index contributed by atoms with van der Waals surface area (Å²) in [6, 6.07) is 0. The van der Waals surface area contributed by atoms with Crippen molar-refractivity contribution in [2.45, 2.75) is 18.8 Å². The summed E-state index contributed by atoms with van der Waals surface area (Å²) in [6.45, 7) is 0.794. The first-order valence-electron chi connectivity index (χ1n) is 4.47. The van der Waals surface area contributed by atoms with Gasteiger partial charge in [-0.05, 0) is 12.3 Å². The number of hydrogen-bond acceptors (Lipinski definition) is 1. The summed E-state index contributed by atoms with van der Waals surface area (Å²) >= 11 is 0. The average Bonchev–Trinajstić information content (AvgIpc) is 2.53. The van der Waals surface area contributed by atoms with E-state index in [9.17, 15) is 8.78 Å². The first kappa shape index (κ1) is 8.72. The topological polar surface area (TPSA) is 53.1 Å². The van der Waals surface area contributed by atoms with Crippen LogP contribution in [-0.4, -0.2) is 29.9 Å². The Morgan fingerprint density at radius 2 is 2.15 bits per heavy atom. The molecule has 0 aromatic rings. The number of fused-ring (bicyclic) bond motifs is 1. The highest BCUT2D eigenvalue weighted by Crippen LogP contribution is 2.47. The van der Waals surface area contributed by atoms with Gasteiger partial charge >= 0.3 is 0 Å². The molecule has 74 valence electrons. The number of nitrogens with one attached hydrogen (secondary N) is 1. The molecule has 2 fully saturated rings. The maximum absolute atomic E-state index is 13.2. The molecule has 0 unspecified atom stereocenters. The normalized spacial score (nSPS) is 36.3. The number of alkyl halides is 2. The minimum absolute atomic E-state index is 0.00801. The molecule has 1 heterocycles. The van der Waals surface area contributed by atoms with Crippen LogP contribution in [0.15, 0.2) is 0 Å². The van der Waals surface area contributed by atoms with Gasteiger partial charge in [0.15, 0.2) is 5.96 Å². The molecule has 2 aliphatic rings. The molecule has 0 radical (unpaired) electrons. The number of rotatable bonds is 0. The van der Waals surface area contributed by atoms with E-state index in [-0.39, 0.29) is 24.8 Å². The second-order valence-electron chi connectivity index (χ2n) is 3.96. The fourth-order valence-corrected chi connectivity index (χ4v) is 2.40. The Bertz CT molecular complexity index is 242. The molecule has 2 rings (SSSR count). The zero-order valence-electron chi connectivity index (χ0n) is 7.26. The average molecular weight is 189 g/mol. The summed E-state index contributed by atoms with van der Waals surface area (Å²) < 4.78 is 26.4. The van der Waals surface area contributed by atoms with Crippen LogP contribution in [-0.2, 0) is 0 Å². The highest BCUT2D eigenvalue weighted by atomic mass is 19.3. The SMILES string of the molecule is N=C(N)N1C[C@H]2CCC(F)(F)[C@H]2C1. The lowest BCUT2D eigenvalue weighted by atomic mass is 9.99. The van der Waals surface area contributed by atoms with Gasteiger partial charge in [0.2, 0.25) is 0 Å². The molecular formula is C8H13F2N3. The molecule has 5 heteroatoms. The van der Waals surface area contributed by atoms with E-state index < -0.39 is 11.8 Å². The molecule has 1 aliphatic carbocycles. The van der Waals surface area contributed by atoms with Crippen molar-refractivity contribution in [3.05, 3.63) is 0 Å². The first-order chi connectivity index (χ1) is 6.00. The number of halogens is 2. The van der Waals surface area contributed by atoms with Gasteiger partial charge in [-0.15, -0.1) is 0 Å². The van der Waals surface area contributed by atoms with Crippen LogP contribution < -0.4 is 5.73 Å². The van der Waals surface area contributed by atoms with E-state index in [0.717, 1.165) is 0 Å². The van der Waals surface area contributed by atoms with Crippen molar-refractivity contribution in [1.29, 1.82) is 5.41 Å². The van der Waals surface area contributed by atoms with Crippen LogP contribution in [0.5, 0.6) is 0 Å². The van der Waals surface area contributed by atoms with Crippen LogP contribution in [0.2, 0.25) is 0 Å². The maximum Gasteiger partial charge on any atom is 0.252 e. The fraction of sp³-hybridized carbons (Fsp3) is 0.875. The Labute approximate surface area is 75.4 Å². The monoisotopic (exact) mass is 189 g/mol. The van der Waals surface area contributed by atoms with Gasteiger partial charge < -0.3 is 10.6 Å². The summed E-state index contributed by atoms with van der Waals surface area (Å²) in [5, 5.41) is 7.16. The largest absolute Gasteiger partial charge is 0.370 e. The number of nitrogens with two attached hydrogens (primary N) is 1. The molecule has 1 saturated heterocycles. The van der Waals surface area contributed by atoms with E-state index in [2.05, 4.69) is 0 Å². The quantitative estimate of drug-likeness (QED) is 0.438. The standard InChI is InChI=1S/C8H13F2N3/c9-8(10)2-1-5-3-13(7(11)12)4-6(5)8/h5-6H,1-4H2,(H3,11,12)/t5-,6+/m1/s1. The molecule has 0 bridgehead atoms. The molecular weight excluding hydrogens is 176 g/mol. The lowest BCUT2D eigenvalue weighted by Gasteiger charge is -2.19. The summed E-state index contributed by atoms with van der Waals surface area (Å²) in [6.07, 6.45) is 0.579. The van der Waals surface area contributed by atoms with Crippen molar-refractivity contribution in [2.24, 2.45) is 17.6 Å². The van der Waals surface area contributed by atoms with Crippen molar-refractivity contribution in [3.63, 3.8) is 0 Å². The van der Waals surface area contributed by atoms with Crippen molar-refractivity contribution in [3.8, 4) is 0 Å². The Balaban J connectivity index is 2.10. The zero-order chi connectivity index (χ0) is 9.64.